The molecular formula is C12H20ClN3. The number of nitrogens with one attached hydrogen (secondary N) is 1. The molecule has 0 aromatic carbocycles. The summed E-state index contributed by atoms with van der Waals surface area (Å²) in [7, 11) is 1.87. The zero-order chi connectivity index (χ0) is 12.0. The van der Waals surface area contributed by atoms with E-state index in [2.05, 4.69) is 29.5 Å². The second kappa shape index (κ2) is 6.71. The Balaban J connectivity index is 2.42. The second-order valence-electron chi connectivity index (χ2n) is 3.80. The highest BCUT2D eigenvalue weighted by molar-refractivity contribution is 6.30. The number of aromatic nitrogens is 2. The molecular weight excluding hydrogens is 222 g/mol. The van der Waals surface area contributed by atoms with Gasteiger partial charge in [0.2, 0.25) is 0 Å². The van der Waals surface area contributed by atoms with Gasteiger partial charge in [0.05, 0.1) is 5.69 Å². The van der Waals surface area contributed by atoms with Crippen LogP contribution in [0.25, 0.3) is 0 Å². The molecule has 0 aliphatic carbocycles. The molecule has 0 aliphatic rings. The molecule has 3 nitrogen and oxygen atoms in total. The molecule has 1 N–H and O–H groups in total. The van der Waals surface area contributed by atoms with Gasteiger partial charge < -0.3 is 5.32 Å². The van der Waals surface area contributed by atoms with Gasteiger partial charge >= 0.3 is 0 Å². The van der Waals surface area contributed by atoms with E-state index >= 15 is 0 Å². The molecule has 0 atom stereocenters. The minimum atomic E-state index is 0.744. The van der Waals surface area contributed by atoms with Gasteiger partial charge in [0.1, 0.15) is 5.15 Å². The highest BCUT2D eigenvalue weighted by atomic mass is 35.5. The smallest absolute Gasteiger partial charge is 0.130 e. The molecule has 1 aromatic rings. The molecule has 0 fully saturated rings. The molecule has 0 saturated heterocycles. The van der Waals surface area contributed by atoms with Crippen LogP contribution in [-0.2, 0) is 13.5 Å². The third-order valence-corrected chi connectivity index (χ3v) is 2.97. The summed E-state index contributed by atoms with van der Waals surface area (Å²) in [6.45, 7) is 6.17. The van der Waals surface area contributed by atoms with Gasteiger partial charge in [-0.3, -0.25) is 4.68 Å². The third-order valence-electron chi connectivity index (χ3n) is 2.50. The van der Waals surface area contributed by atoms with Crippen LogP contribution in [0.4, 0.5) is 0 Å². The highest BCUT2D eigenvalue weighted by Crippen LogP contribution is 2.19. The maximum atomic E-state index is 6.13. The van der Waals surface area contributed by atoms with E-state index in [9.17, 15) is 0 Å². The molecule has 0 spiro atoms. The summed E-state index contributed by atoms with van der Waals surface area (Å²) < 4.78 is 1.72. The van der Waals surface area contributed by atoms with E-state index in [1.165, 1.54) is 0 Å². The molecule has 4 heteroatoms. The van der Waals surface area contributed by atoms with Crippen LogP contribution in [0.1, 0.15) is 24.6 Å². The first-order valence-corrected chi connectivity index (χ1v) is 6.08. The Labute approximate surface area is 102 Å². The normalized spacial score (nSPS) is 11.5. The van der Waals surface area contributed by atoms with Crippen LogP contribution in [-0.4, -0.2) is 22.9 Å². The molecule has 90 valence electrons. The van der Waals surface area contributed by atoms with Gasteiger partial charge in [-0.25, -0.2) is 0 Å². The van der Waals surface area contributed by atoms with E-state index in [1.807, 2.05) is 14.0 Å². The molecule has 0 bridgehead atoms. The fraction of sp³-hybridized carbons (Fsp3) is 0.583. The summed E-state index contributed by atoms with van der Waals surface area (Å²) >= 11 is 6.13. The van der Waals surface area contributed by atoms with Gasteiger partial charge in [0, 0.05) is 12.6 Å². The Morgan fingerprint density at radius 2 is 2.19 bits per heavy atom. The third kappa shape index (κ3) is 3.65. The summed E-state index contributed by atoms with van der Waals surface area (Å²) in [5.74, 6) is 0. The van der Waals surface area contributed by atoms with Gasteiger partial charge in [-0.2, -0.15) is 5.10 Å². The quantitative estimate of drug-likeness (QED) is 0.613. The van der Waals surface area contributed by atoms with Crippen LogP contribution in [0.15, 0.2) is 12.2 Å². The molecule has 0 unspecified atom stereocenters. The molecule has 0 saturated carbocycles. The standard InChI is InChI=1S/C12H20ClN3/c1-4-14-9-7-5-6-8-11-10(2)15-16(3)12(11)13/h5-6,14H,4,7-9H2,1-3H3/b6-5+. The summed E-state index contributed by atoms with van der Waals surface area (Å²) in [6.07, 6.45) is 6.27. The monoisotopic (exact) mass is 241 g/mol. The summed E-state index contributed by atoms with van der Waals surface area (Å²) in [6, 6.07) is 0. The number of rotatable bonds is 6. The van der Waals surface area contributed by atoms with Gasteiger partial charge in [-0.1, -0.05) is 30.7 Å². The number of allylic oxidation sites excluding steroid dienone is 1. The summed E-state index contributed by atoms with van der Waals surface area (Å²) in [5.41, 5.74) is 2.15. The Morgan fingerprint density at radius 3 is 2.75 bits per heavy atom. The fourth-order valence-electron chi connectivity index (χ4n) is 1.59. The van der Waals surface area contributed by atoms with Gasteiger partial charge in [-0.15, -0.1) is 0 Å². The summed E-state index contributed by atoms with van der Waals surface area (Å²) in [5, 5.41) is 8.30. The van der Waals surface area contributed by atoms with Crippen molar-refractivity contribution in [2.75, 3.05) is 13.1 Å². The number of halogens is 1. The number of hydrogen-bond acceptors (Lipinski definition) is 2. The lowest BCUT2D eigenvalue weighted by Gasteiger charge is -1.97. The van der Waals surface area contributed by atoms with Crippen molar-refractivity contribution in [3.8, 4) is 0 Å². The number of nitrogens with zero attached hydrogens (tertiary/aromatic N) is 2. The van der Waals surface area contributed by atoms with E-state index in [1.54, 1.807) is 4.68 Å². The highest BCUT2D eigenvalue weighted by Gasteiger charge is 2.08. The van der Waals surface area contributed by atoms with Crippen LogP contribution < -0.4 is 5.32 Å². The minimum Gasteiger partial charge on any atom is -0.317 e. The Bertz CT molecular complexity index is 355. The van der Waals surface area contributed by atoms with Crippen LogP contribution in [0.2, 0.25) is 5.15 Å². The van der Waals surface area contributed by atoms with Gasteiger partial charge in [0.25, 0.3) is 0 Å². The molecule has 0 radical (unpaired) electrons. The van der Waals surface area contributed by atoms with E-state index in [0.717, 1.165) is 42.3 Å². The van der Waals surface area contributed by atoms with Crippen molar-refractivity contribution >= 4 is 11.6 Å². The van der Waals surface area contributed by atoms with Crippen molar-refractivity contribution in [3.05, 3.63) is 28.6 Å². The van der Waals surface area contributed by atoms with Gasteiger partial charge in [-0.05, 0) is 32.9 Å². The van der Waals surface area contributed by atoms with E-state index in [-0.39, 0.29) is 0 Å². The maximum Gasteiger partial charge on any atom is 0.130 e. The van der Waals surface area contributed by atoms with Crippen LogP contribution >= 0.6 is 11.6 Å². The maximum absolute atomic E-state index is 6.13. The van der Waals surface area contributed by atoms with Crippen molar-refractivity contribution < 1.29 is 0 Å². The first-order chi connectivity index (χ1) is 7.66. The lowest BCUT2D eigenvalue weighted by atomic mass is 10.2. The fourth-order valence-corrected chi connectivity index (χ4v) is 1.84. The van der Waals surface area contributed by atoms with Crippen molar-refractivity contribution in [1.29, 1.82) is 0 Å². The Morgan fingerprint density at radius 1 is 1.44 bits per heavy atom. The van der Waals surface area contributed by atoms with Crippen molar-refractivity contribution in [3.63, 3.8) is 0 Å². The number of aryl methyl sites for hydroxylation is 2. The minimum absolute atomic E-state index is 0.744. The van der Waals surface area contributed by atoms with Crippen LogP contribution in [0, 0.1) is 6.92 Å². The molecule has 0 amide bonds. The topological polar surface area (TPSA) is 29.9 Å². The first-order valence-electron chi connectivity index (χ1n) is 5.70. The van der Waals surface area contributed by atoms with Crippen molar-refractivity contribution in [2.45, 2.75) is 26.7 Å². The average molecular weight is 242 g/mol. The zero-order valence-corrected chi connectivity index (χ0v) is 11.0. The molecule has 1 aromatic heterocycles. The SMILES string of the molecule is CCNCC/C=C/Cc1c(C)nn(C)c1Cl. The Hall–Kier alpha value is -0.800. The second-order valence-corrected chi connectivity index (χ2v) is 4.15. The average Bonchev–Trinajstić information content (AvgIpc) is 2.49. The van der Waals surface area contributed by atoms with E-state index in [0.29, 0.717) is 0 Å². The molecule has 16 heavy (non-hydrogen) atoms. The lowest BCUT2D eigenvalue weighted by Crippen LogP contribution is -2.12. The molecule has 1 heterocycles. The summed E-state index contributed by atoms with van der Waals surface area (Å²) in [4.78, 5) is 0. The first kappa shape index (κ1) is 13.3. The predicted molar refractivity (Wildman–Crippen MR) is 69.0 cm³/mol. The predicted octanol–water partition coefficient (Wildman–Crippen LogP) is 2.48. The molecule has 0 aliphatic heterocycles. The zero-order valence-electron chi connectivity index (χ0n) is 10.3. The Kier molecular flexibility index (Phi) is 5.56. The van der Waals surface area contributed by atoms with E-state index in [4.69, 9.17) is 11.6 Å². The van der Waals surface area contributed by atoms with Crippen LogP contribution in [0.3, 0.4) is 0 Å². The van der Waals surface area contributed by atoms with E-state index < -0.39 is 0 Å². The largest absolute Gasteiger partial charge is 0.317 e. The number of hydrogen-bond donors (Lipinski definition) is 1. The van der Waals surface area contributed by atoms with Crippen molar-refractivity contribution in [2.24, 2.45) is 7.05 Å². The lowest BCUT2D eigenvalue weighted by molar-refractivity contribution is 0.726. The molecule has 1 rings (SSSR count). The van der Waals surface area contributed by atoms with Crippen LogP contribution in [0.5, 0.6) is 0 Å². The van der Waals surface area contributed by atoms with Gasteiger partial charge in [0.15, 0.2) is 0 Å². The van der Waals surface area contributed by atoms with Crippen molar-refractivity contribution in [1.82, 2.24) is 15.1 Å².